The maximum atomic E-state index is 10.3. The molecule has 0 aliphatic heterocycles. The molecule has 4 nitrogen and oxygen atoms in total. The van der Waals surface area contributed by atoms with Crippen LogP contribution in [-0.2, 0) is 4.79 Å². The zero-order chi connectivity index (χ0) is 9.78. The lowest BCUT2D eigenvalue weighted by molar-refractivity contribution is -0.142. The minimum Gasteiger partial charge on any atom is -0.481 e. The molecule has 4 heteroatoms. The summed E-state index contributed by atoms with van der Waals surface area (Å²) in [5, 5.41) is 18.1. The highest BCUT2D eigenvalue weighted by Crippen LogP contribution is 2.19. The summed E-state index contributed by atoms with van der Waals surface area (Å²) in [6, 6.07) is 0. The molecule has 0 aliphatic rings. The van der Waals surface area contributed by atoms with Gasteiger partial charge < -0.3 is 15.9 Å². The minimum absolute atomic E-state index is 0.00250. The van der Waals surface area contributed by atoms with Gasteiger partial charge in [-0.2, -0.15) is 0 Å². The van der Waals surface area contributed by atoms with Crippen LogP contribution in [0.3, 0.4) is 0 Å². The zero-order valence-corrected chi connectivity index (χ0v) is 7.58. The Labute approximate surface area is 72.4 Å². The van der Waals surface area contributed by atoms with Crippen LogP contribution in [0.25, 0.3) is 0 Å². The first-order chi connectivity index (χ1) is 5.39. The lowest BCUT2D eigenvalue weighted by atomic mass is 9.89. The van der Waals surface area contributed by atoms with Gasteiger partial charge in [0.05, 0.1) is 12.0 Å². The third-order valence-electron chi connectivity index (χ3n) is 1.65. The number of carbonyl (C=O) groups is 1. The van der Waals surface area contributed by atoms with Crippen molar-refractivity contribution in [2.75, 3.05) is 6.54 Å². The Morgan fingerprint density at radius 3 is 2.33 bits per heavy atom. The number of carboxylic acids is 1. The molecule has 0 radical (unpaired) electrons. The topological polar surface area (TPSA) is 83.5 Å². The van der Waals surface area contributed by atoms with Crippen molar-refractivity contribution < 1.29 is 15.0 Å². The van der Waals surface area contributed by atoms with E-state index < -0.39 is 11.6 Å². The number of hydrogen-bond donors (Lipinski definition) is 3. The van der Waals surface area contributed by atoms with Crippen LogP contribution in [0.15, 0.2) is 0 Å². The lowest BCUT2D eigenvalue weighted by Crippen LogP contribution is -2.41. The fraction of sp³-hybridized carbons (Fsp3) is 0.875. The molecular formula is C8H17NO3. The van der Waals surface area contributed by atoms with Gasteiger partial charge in [0.1, 0.15) is 0 Å². The Bertz CT molecular complexity index is 158. The van der Waals surface area contributed by atoms with Crippen molar-refractivity contribution in [3.63, 3.8) is 0 Å². The SMILES string of the molecule is CC(C)CC(O)(CN)CC(=O)O. The normalized spacial score (nSPS) is 16.1. The summed E-state index contributed by atoms with van der Waals surface area (Å²) < 4.78 is 0. The summed E-state index contributed by atoms with van der Waals surface area (Å²) in [6.07, 6.45) is 0.150. The maximum Gasteiger partial charge on any atom is 0.306 e. The van der Waals surface area contributed by atoms with E-state index in [1.165, 1.54) is 0 Å². The molecule has 0 aromatic rings. The van der Waals surface area contributed by atoms with Crippen molar-refractivity contribution in [1.29, 1.82) is 0 Å². The summed E-state index contributed by atoms with van der Waals surface area (Å²) in [5.74, 6) is -0.762. The van der Waals surface area contributed by atoms with E-state index in [1.54, 1.807) is 0 Å². The number of aliphatic hydroxyl groups is 1. The molecule has 0 spiro atoms. The van der Waals surface area contributed by atoms with Gasteiger partial charge in [-0.25, -0.2) is 0 Å². The monoisotopic (exact) mass is 175 g/mol. The molecule has 72 valence electrons. The zero-order valence-electron chi connectivity index (χ0n) is 7.58. The molecule has 0 rings (SSSR count). The number of aliphatic carboxylic acids is 1. The van der Waals surface area contributed by atoms with Gasteiger partial charge in [0.2, 0.25) is 0 Å². The molecule has 0 aliphatic carbocycles. The van der Waals surface area contributed by atoms with Gasteiger partial charge in [0.15, 0.2) is 0 Å². The standard InChI is InChI=1S/C8H17NO3/c1-6(2)3-8(12,5-9)4-7(10)11/h6,12H,3-5,9H2,1-2H3,(H,10,11). The fourth-order valence-corrected chi connectivity index (χ4v) is 1.27. The van der Waals surface area contributed by atoms with Gasteiger partial charge >= 0.3 is 5.97 Å². The second-order valence-electron chi connectivity index (χ2n) is 3.60. The van der Waals surface area contributed by atoms with Gasteiger partial charge in [-0.3, -0.25) is 4.79 Å². The summed E-state index contributed by atoms with van der Waals surface area (Å²) in [6.45, 7) is 3.84. The summed E-state index contributed by atoms with van der Waals surface area (Å²) in [7, 11) is 0. The van der Waals surface area contributed by atoms with E-state index in [2.05, 4.69) is 0 Å². The summed E-state index contributed by atoms with van der Waals surface area (Å²) in [5.41, 5.74) is 4.05. The van der Waals surface area contributed by atoms with E-state index in [1.807, 2.05) is 13.8 Å². The van der Waals surface area contributed by atoms with Gasteiger partial charge in [0, 0.05) is 6.54 Å². The second kappa shape index (κ2) is 4.42. The Kier molecular flexibility index (Phi) is 4.20. The van der Waals surface area contributed by atoms with Crippen molar-refractivity contribution in [2.24, 2.45) is 11.7 Å². The van der Waals surface area contributed by atoms with Crippen LogP contribution in [0.4, 0.5) is 0 Å². The smallest absolute Gasteiger partial charge is 0.306 e. The number of hydrogen-bond acceptors (Lipinski definition) is 3. The highest BCUT2D eigenvalue weighted by atomic mass is 16.4. The van der Waals surface area contributed by atoms with Gasteiger partial charge in [0.25, 0.3) is 0 Å². The van der Waals surface area contributed by atoms with Crippen LogP contribution in [0.2, 0.25) is 0 Å². The number of carboxylic acid groups (broad SMARTS) is 1. The predicted octanol–water partition coefficient (Wildman–Crippen LogP) is 0.197. The van der Waals surface area contributed by atoms with E-state index in [4.69, 9.17) is 10.8 Å². The van der Waals surface area contributed by atoms with E-state index in [9.17, 15) is 9.90 Å². The molecule has 0 saturated carbocycles. The Morgan fingerprint density at radius 2 is 2.08 bits per heavy atom. The number of nitrogens with two attached hydrogens (primary N) is 1. The van der Waals surface area contributed by atoms with Crippen molar-refractivity contribution in [1.82, 2.24) is 0 Å². The van der Waals surface area contributed by atoms with Crippen molar-refractivity contribution >= 4 is 5.97 Å². The van der Waals surface area contributed by atoms with E-state index >= 15 is 0 Å². The van der Waals surface area contributed by atoms with Crippen LogP contribution >= 0.6 is 0 Å². The molecule has 0 saturated heterocycles. The van der Waals surface area contributed by atoms with Crippen LogP contribution in [-0.4, -0.2) is 28.3 Å². The van der Waals surface area contributed by atoms with Crippen LogP contribution in [0, 0.1) is 5.92 Å². The first-order valence-electron chi connectivity index (χ1n) is 4.04. The molecule has 0 bridgehead atoms. The average molecular weight is 175 g/mol. The quantitative estimate of drug-likeness (QED) is 0.557. The fourth-order valence-electron chi connectivity index (χ4n) is 1.27. The average Bonchev–Trinajstić information content (AvgIpc) is 1.83. The number of rotatable bonds is 5. The molecule has 0 fully saturated rings. The molecule has 1 unspecified atom stereocenters. The molecule has 1 atom stereocenters. The molecule has 4 N–H and O–H groups in total. The Hall–Kier alpha value is -0.610. The molecule has 0 aromatic carbocycles. The molecule has 0 heterocycles. The van der Waals surface area contributed by atoms with Crippen molar-refractivity contribution in [2.45, 2.75) is 32.3 Å². The third-order valence-corrected chi connectivity index (χ3v) is 1.65. The molecular weight excluding hydrogens is 158 g/mol. The molecule has 0 aromatic heterocycles. The van der Waals surface area contributed by atoms with Gasteiger partial charge in [-0.05, 0) is 12.3 Å². The highest BCUT2D eigenvalue weighted by Gasteiger charge is 2.29. The first kappa shape index (κ1) is 11.4. The van der Waals surface area contributed by atoms with E-state index in [-0.39, 0.29) is 18.9 Å². The molecule has 0 amide bonds. The lowest BCUT2D eigenvalue weighted by Gasteiger charge is -2.26. The van der Waals surface area contributed by atoms with E-state index in [0.717, 1.165) is 0 Å². The molecule has 12 heavy (non-hydrogen) atoms. The van der Waals surface area contributed by atoms with Crippen LogP contribution in [0.1, 0.15) is 26.7 Å². The third kappa shape index (κ3) is 4.31. The van der Waals surface area contributed by atoms with Crippen LogP contribution < -0.4 is 5.73 Å². The summed E-state index contributed by atoms with van der Waals surface area (Å²) in [4.78, 5) is 10.3. The Balaban J connectivity index is 4.13. The van der Waals surface area contributed by atoms with Gasteiger partial charge in [-0.15, -0.1) is 0 Å². The predicted molar refractivity (Wildman–Crippen MR) is 45.7 cm³/mol. The van der Waals surface area contributed by atoms with Crippen molar-refractivity contribution in [3.8, 4) is 0 Å². The van der Waals surface area contributed by atoms with Crippen LogP contribution in [0.5, 0.6) is 0 Å². The Morgan fingerprint density at radius 1 is 1.58 bits per heavy atom. The van der Waals surface area contributed by atoms with E-state index in [0.29, 0.717) is 6.42 Å². The second-order valence-corrected chi connectivity index (χ2v) is 3.60. The maximum absolute atomic E-state index is 10.3. The minimum atomic E-state index is -1.24. The largest absolute Gasteiger partial charge is 0.481 e. The van der Waals surface area contributed by atoms with Crippen molar-refractivity contribution in [3.05, 3.63) is 0 Å². The van der Waals surface area contributed by atoms with Gasteiger partial charge in [-0.1, -0.05) is 13.8 Å². The summed E-state index contributed by atoms with van der Waals surface area (Å²) >= 11 is 0. The highest BCUT2D eigenvalue weighted by molar-refractivity contribution is 5.68. The first-order valence-corrected chi connectivity index (χ1v) is 4.04.